The van der Waals surface area contributed by atoms with Crippen LogP contribution in [0.3, 0.4) is 0 Å². The summed E-state index contributed by atoms with van der Waals surface area (Å²) in [4.78, 5) is 31.5. The first-order chi connectivity index (χ1) is 12.3. The predicted octanol–water partition coefficient (Wildman–Crippen LogP) is 3.67. The standard InChI is InChI=1S/C18H22ClN3O3S/c1-11(2)22(9-16(23)21-18-20-12(3)13(4)26-18)17(24)10-25-15-7-5-14(19)6-8-15/h5-8,11H,9-10H2,1-4H3,(H,20,21,23). The molecule has 0 unspecified atom stereocenters. The van der Waals surface area contributed by atoms with Crippen LogP contribution in [-0.4, -0.2) is 40.9 Å². The number of nitrogens with one attached hydrogen (secondary N) is 1. The van der Waals surface area contributed by atoms with E-state index in [1.54, 1.807) is 24.3 Å². The highest BCUT2D eigenvalue weighted by atomic mass is 35.5. The lowest BCUT2D eigenvalue weighted by Gasteiger charge is -2.26. The van der Waals surface area contributed by atoms with Crippen LogP contribution >= 0.6 is 22.9 Å². The minimum atomic E-state index is -0.285. The maximum Gasteiger partial charge on any atom is 0.261 e. The van der Waals surface area contributed by atoms with Crippen LogP contribution in [0.4, 0.5) is 5.13 Å². The first-order valence-corrected chi connectivity index (χ1v) is 9.37. The van der Waals surface area contributed by atoms with Crippen molar-refractivity contribution < 1.29 is 14.3 Å². The number of amides is 2. The van der Waals surface area contributed by atoms with Crippen molar-refractivity contribution in [1.29, 1.82) is 0 Å². The lowest BCUT2D eigenvalue weighted by atomic mass is 10.3. The van der Waals surface area contributed by atoms with Gasteiger partial charge in [0.15, 0.2) is 11.7 Å². The average Bonchev–Trinajstić information content (AvgIpc) is 2.89. The van der Waals surface area contributed by atoms with E-state index < -0.39 is 0 Å². The van der Waals surface area contributed by atoms with E-state index in [-0.39, 0.29) is 31.0 Å². The molecule has 0 aliphatic carbocycles. The molecule has 140 valence electrons. The number of thiazole rings is 1. The number of anilines is 1. The molecule has 0 radical (unpaired) electrons. The number of hydrogen-bond donors (Lipinski definition) is 1. The number of halogens is 1. The van der Waals surface area contributed by atoms with Crippen molar-refractivity contribution in [3.05, 3.63) is 39.9 Å². The maximum atomic E-state index is 12.5. The zero-order chi connectivity index (χ0) is 19.3. The van der Waals surface area contributed by atoms with Gasteiger partial charge in [0.2, 0.25) is 5.91 Å². The van der Waals surface area contributed by atoms with Crippen LogP contribution in [0.15, 0.2) is 24.3 Å². The fourth-order valence-electron chi connectivity index (χ4n) is 2.16. The maximum absolute atomic E-state index is 12.5. The number of benzene rings is 1. The Balaban J connectivity index is 1.92. The molecule has 6 nitrogen and oxygen atoms in total. The van der Waals surface area contributed by atoms with Crippen LogP contribution in [0.1, 0.15) is 24.4 Å². The largest absolute Gasteiger partial charge is 0.484 e. The number of carbonyl (C=O) groups is 2. The third-order valence-corrected chi connectivity index (χ3v) is 4.95. The van der Waals surface area contributed by atoms with Crippen molar-refractivity contribution in [2.75, 3.05) is 18.5 Å². The summed E-state index contributed by atoms with van der Waals surface area (Å²) in [7, 11) is 0. The molecule has 0 saturated heterocycles. The van der Waals surface area contributed by atoms with Crippen molar-refractivity contribution in [3.63, 3.8) is 0 Å². The zero-order valence-electron chi connectivity index (χ0n) is 15.2. The van der Waals surface area contributed by atoms with Crippen LogP contribution in [0.5, 0.6) is 5.75 Å². The van der Waals surface area contributed by atoms with Crippen LogP contribution < -0.4 is 10.1 Å². The fourth-order valence-corrected chi connectivity index (χ4v) is 3.11. The van der Waals surface area contributed by atoms with Gasteiger partial charge in [-0.15, -0.1) is 11.3 Å². The minimum Gasteiger partial charge on any atom is -0.484 e. The van der Waals surface area contributed by atoms with E-state index in [0.717, 1.165) is 10.6 Å². The van der Waals surface area contributed by atoms with Crippen LogP contribution in [-0.2, 0) is 9.59 Å². The Kier molecular flexibility index (Phi) is 6.99. The van der Waals surface area contributed by atoms with Crippen molar-refractivity contribution in [2.24, 2.45) is 0 Å². The number of nitrogens with zero attached hydrogens (tertiary/aromatic N) is 2. The lowest BCUT2D eigenvalue weighted by molar-refractivity contribution is -0.138. The Labute approximate surface area is 162 Å². The first kappa shape index (κ1) is 20.2. The van der Waals surface area contributed by atoms with Crippen molar-refractivity contribution in [3.8, 4) is 5.75 Å². The summed E-state index contributed by atoms with van der Waals surface area (Å²) in [5.41, 5.74) is 0.887. The molecule has 26 heavy (non-hydrogen) atoms. The van der Waals surface area contributed by atoms with Gasteiger partial charge >= 0.3 is 0 Å². The smallest absolute Gasteiger partial charge is 0.261 e. The van der Waals surface area contributed by atoms with E-state index >= 15 is 0 Å². The van der Waals surface area contributed by atoms with Gasteiger partial charge in [0, 0.05) is 15.9 Å². The summed E-state index contributed by atoms with van der Waals surface area (Å²) in [6.07, 6.45) is 0. The number of carbonyl (C=O) groups excluding carboxylic acids is 2. The summed E-state index contributed by atoms with van der Waals surface area (Å²) >= 11 is 7.24. The van der Waals surface area contributed by atoms with E-state index in [2.05, 4.69) is 10.3 Å². The SMILES string of the molecule is Cc1nc(NC(=O)CN(C(=O)COc2ccc(Cl)cc2)C(C)C)sc1C. The van der Waals surface area contributed by atoms with E-state index in [4.69, 9.17) is 16.3 Å². The van der Waals surface area contributed by atoms with Crippen LogP contribution in [0.2, 0.25) is 5.02 Å². The molecule has 1 aromatic carbocycles. The molecule has 0 aliphatic rings. The van der Waals surface area contributed by atoms with E-state index in [1.807, 2.05) is 27.7 Å². The Bertz CT molecular complexity index is 755. The molecule has 1 heterocycles. The Morgan fingerprint density at radius 1 is 1.27 bits per heavy atom. The number of aryl methyl sites for hydroxylation is 2. The van der Waals surface area contributed by atoms with E-state index in [1.165, 1.54) is 16.2 Å². The second-order valence-electron chi connectivity index (χ2n) is 6.07. The molecule has 0 spiro atoms. The second kappa shape index (κ2) is 9.00. The predicted molar refractivity (Wildman–Crippen MR) is 104 cm³/mol. The van der Waals surface area contributed by atoms with Crippen molar-refractivity contribution >= 4 is 39.9 Å². The minimum absolute atomic E-state index is 0.0574. The summed E-state index contributed by atoms with van der Waals surface area (Å²) in [5, 5.41) is 3.88. The number of rotatable bonds is 7. The third kappa shape index (κ3) is 5.71. The molecule has 2 amide bonds. The molecule has 2 aromatic rings. The molecule has 0 atom stereocenters. The molecule has 0 fully saturated rings. The lowest BCUT2D eigenvalue weighted by Crippen LogP contribution is -2.44. The number of aromatic nitrogens is 1. The third-order valence-electron chi connectivity index (χ3n) is 3.71. The highest BCUT2D eigenvalue weighted by Gasteiger charge is 2.21. The molecular formula is C18H22ClN3O3S. The monoisotopic (exact) mass is 395 g/mol. The van der Waals surface area contributed by atoms with Crippen molar-refractivity contribution in [1.82, 2.24) is 9.88 Å². The molecule has 0 saturated carbocycles. The van der Waals surface area contributed by atoms with Crippen molar-refractivity contribution in [2.45, 2.75) is 33.7 Å². The zero-order valence-corrected chi connectivity index (χ0v) is 16.8. The van der Waals surface area contributed by atoms with Gasteiger partial charge < -0.3 is 15.0 Å². The molecular weight excluding hydrogens is 374 g/mol. The summed E-state index contributed by atoms with van der Waals surface area (Å²) < 4.78 is 5.48. The molecule has 0 bridgehead atoms. The average molecular weight is 396 g/mol. The highest BCUT2D eigenvalue weighted by Crippen LogP contribution is 2.21. The Morgan fingerprint density at radius 3 is 2.46 bits per heavy atom. The molecule has 8 heteroatoms. The summed E-state index contributed by atoms with van der Waals surface area (Å²) in [6, 6.07) is 6.62. The fraction of sp³-hybridized carbons (Fsp3) is 0.389. The van der Waals surface area contributed by atoms with Gasteiger partial charge in [-0.1, -0.05) is 11.6 Å². The first-order valence-electron chi connectivity index (χ1n) is 8.18. The van der Waals surface area contributed by atoms with E-state index in [0.29, 0.717) is 15.9 Å². The Morgan fingerprint density at radius 2 is 1.92 bits per heavy atom. The van der Waals surface area contributed by atoms with Gasteiger partial charge in [-0.25, -0.2) is 4.98 Å². The molecule has 1 aromatic heterocycles. The van der Waals surface area contributed by atoms with Crippen LogP contribution in [0, 0.1) is 13.8 Å². The molecule has 2 rings (SSSR count). The van der Waals surface area contributed by atoms with Gasteiger partial charge in [0.1, 0.15) is 12.3 Å². The molecule has 1 N–H and O–H groups in total. The van der Waals surface area contributed by atoms with Gasteiger partial charge in [-0.05, 0) is 52.0 Å². The van der Waals surface area contributed by atoms with Gasteiger partial charge in [0.05, 0.1) is 5.69 Å². The topological polar surface area (TPSA) is 71.5 Å². The van der Waals surface area contributed by atoms with Gasteiger partial charge in [-0.2, -0.15) is 0 Å². The number of ether oxygens (including phenoxy) is 1. The highest BCUT2D eigenvalue weighted by molar-refractivity contribution is 7.15. The van der Waals surface area contributed by atoms with Gasteiger partial charge in [-0.3, -0.25) is 9.59 Å². The van der Waals surface area contributed by atoms with Crippen LogP contribution in [0.25, 0.3) is 0 Å². The normalized spacial score (nSPS) is 10.7. The summed E-state index contributed by atoms with van der Waals surface area (Å²) in [6.45, 7) is 7.33. The van der Waals surface area contributed by atoms with Gasteiger partial charge in [0.25, 0.3) is 5.91 Å². The Hall–Kier alpha value is -2.12. The second-order valence-corrected chi connectivity index (χ2v) is 7.71. The molecule has 0 aliphatic heterocycles. The summed E-state index contributed by atoms with van der Waals surface area (Å²) in [5.74, 6) is -0.00598. The number of hydrogen-bond acceptors (Lipinski definition) is 5. The van der Waals surface area contributed by atoms with E-state index in [9.17, 15) is 9.59 Å². The quantitative estimate of drug-likeness (QED) is 0.776.